The molecule has 0 saturated carbocycles. The van der Waals surface area contributed by atoms with Crippen LogP contribution in [0.3, 0.4) is 0 Å². The Bertz CT molecular complexity index is 953. The van der Waals surface area contributed by atoms with Crippen molar-refractivity contribution >= 4 is 29.1 Å². The van der Waals surface area contributed by atoms with Crippen molar-refractivity contribution in [3.05, 3.63) is 53.1 Å². The van der Waals surface area contributed by atoms with Crippen LogP contribution in [-0.2, 0) is 9.59 Å². The molecule has 1 aliphatic heterocycles. The van der Waals surface area contributed by atoms with Gasteiger partial charge in [0.15, 0.2) is 6.61 Å². The molecule has 3 amide bonds. The molecule has 28 heavy (non-hydrogen) atoms. The third kappa shape index (κ3) is 3.98. The number of carbonyl (C=O) groups excluding carboxylic acids is 3. The van der Waals surface area contributed by atoms with Crippen molar-refractivity contribution in [2.75, 3.05) is 37.5 Å². The van der Waals surface area contributed by atoms with E-state index in [-0.39, 0.29) is 30.9 Å². The molecule has 0 fully saturated rings. The first-order valence-corrected chi connectivity index (χ1v) is 8.92. The molecule has 146 valence electrons. The van der Waals surface area contributed by atoms with E-state index in [1.54, 1.807) is 32.3 Å². The summed E-state index contributed by atoms with van der Waals surface area (Å²) >= 11 is 0. The van der Waals surface area contributed by atoms with Crippen LogP contribution in [0, 0.1) is 13.8 Å². The van der Waals surface area contributed by atoms with E-state index in [0.29, 0.717) is 22.7 Å². The van der Waals surface area contributed by atoms with Gasteiger partial charge in [-0.2, -0.15) is 0 Å². The summed E-state index contributed by atoms with van der Waals surface area (Å²) in [5.41, 5.74) is 3.71. The topological polar surface area (TPSA) is 79.0 Å². The highest BCUT2D eigenvalue weighted by Gasteiger charge is 2.28. The number of rotatable bonds is 4. The van der Waals surface area contributed by atoms with Gasteiger partial charge in [0.05, 0.1) is 5.69 Å². The van der Waals surface area contributed by atoms with Crippen molar-refractivity contribution in [2.24, 2.45) is 0 Å². The fourth-order valence-corrected chi connectivity index (χ4v) is 2.93. The minimum absolute atomic E-state index is 0.148. The van der Waals surface area contributed by atoms with Gasteiger partial charge in [0.2, 0.25) is 5.91 Å². The maximum absolute atomic E-state index is 12.5. The minimum atomic E-state index is -0.336. The van der Waals surface area contributed by atoms with Gasteiger partial charge in [0, 0.05) is 25.3 Å². The Labute approximate surface area is 163 Å². The van der Waals surface area contributed by atoms with Crippen molar-refractivity contribution in [1.82, 2.24) is 4.90 Å². The SMILES string of the molecule is Cc1ccc(NC(=O)CN2C(=O)COc3ccc(C(=O)N(C)C)cc32)cc1C. The molecule has 0 aliphatic carbocycles. The standard InChI is InChI=1S/C21H23N3O4/c1-13-5-7-16(9-14(13)2)22-19(25)11-24-17-10-15(21(27)23(3)4)6-8-18(17)28-12-20(24)26/h5-10H,11-12H2,1-4H3,(H,22,25). The summed E-state index contributed by atoms with van der Waals surface area (Å²) in [4.78, 5) is 40.0. The number of carbonyl (C=O) groups is 3. The first-order chi connectivity index (χ1) is 13.3. The second-order valence-electron chi connectivity index (χ2n) is 7.00. The number of nitrogens with zero attached hydrogens (tertiary/aromatic N) is 2. The molecule has 1 aliphatic rings. The zero-order valence-electron chi connectivity index (χ0n) is 16.4. The average Bonchev–Trinajstić information content (AvgIpc) is 2.66. The van der Waals surface area contributed by atoms with E-state index in [1.807, 2.05) is 32.0 Å². The van der Waals surface area contributed by atoms with Crippen molar-refractivity contribution in [3.63, 3.8) is 0 Å². The van der Waals surface area contributed by atoms with Gasteiger partial charge in [-0.15, -0.1) is 0 Å². The Morgan fingerprint density at radius 1 is 1.11 bits per heavy atom. The largest absolute Gasteiger partial charge is 0.482 e. The normalized spacial score (nSPS) is 12.9. The van der Waals surface area contributed by atoms with E-state index in [4.69, 9.17) is 4.74 Å². The highest BCUT2D eigenvalue weighted by Crippen LogP contribution is 2.33. The third-order valence-electron chi connectivity index (χ3n) is 4.65. The smallest absolute Gasteiger partial charge is 0.265 e. The van der Waals surface area contributed by atoms with E-state index < -0.39 is 0 Å². The number of nitrogens with one attached hydrogen (secondary N) is 1. The number of hydrogen-bond acceptors (Lipinski definition) is 4. The Kier molecular flexibility index (Phi) is 5.35. The Morgan fingerprint density at radius 3 is 2.54 bits per heavy atom. The molecule has 2 aromatic carbocycles. The van der Waals surface area contributed by atoms with E-state index in [1.165, 1.54) is 9.80 Å². The van der Waals surface area contributed by atoms with Crippen molar-refractivity contribution < 1.29 is 19.1 Å². The van der Waals surface area contributed by atoms with E-state index in [9.17, 15) is 14.4 Å². The third-order valence-corrected chi connectivity index (χ3v) is 4.65. The number of hydrogen-bond donors (Lipinski definition) is 1. The summed E-state index contributed by atoms with van der Waals surface area (Å²) in [5, 5.41) is 2.82. The maximum Gasteiger partial charge on any atom is 0.265 e. The van der Waals surface area contributed by atoms with Gasteiger partial charge in [0.1, 0.15) is 12.3 Å². The first kappa shape index (κ1) is 19.4. The molecule has 0 radical (unpaired) electrons. The van der Waals surface area contributed by atoms with Gasteiger partial charge in [0.25, 0.3) is 11.8 Å². The predicted octanol–water partition coefficient (Wildman–Crippen LogP) is 2.37. The van der Waals surface area contributed by atoms with Gasteiger partial charge in [-0.3, -0.25) is 19.3 Å². The van der Waals surface area contributed by atoms with Crippen LogP contribution in [0.4, 0.5) is 11.4 Å². The van der Waals surface area contributed by atoms with Gasteiger partial charge in [-0.1, -0.05) is 6.07 Å². The summed E-state index contributed by atoms with van der Waals surface area (Å²) in [5.74, 6) is -0.389. The average molecular weight is 381 g/mol. The molecule has 7 heteroatoms. The molecule has 0 unspecified atom stereocenters. The Hall–Kier alpha value is -3.35. The minimum Gasteiger partial charge on any atom is -0.482 e. The van der Waals surface area contributed by atoms with Crippen LogP contribution in [0.25, 0.3) is 0 Å². The van der Waals surface area contributed by atoms with Gasteiger partial charge >= 0.3 is 0 Å². The zero-order valence-corrected chi connectivity index (χ0v) is 16.4. The predicted molar refractivity (Wildman–Crippen MR) is 107 cm³/mol. The van der Waals surface area contributed by atoms with E-state index in [2.05, 4.69) is 5.32 Å². The molecule has 0 atom stereocenters. The number of ether oxygens (including phenoxy) is 1. The van der Waals surface area contributed by atoms with Gasteiger partial charge < -0.3 is 15.0 Å². The Morgan fingerprint density at radius 2 is 1.86 bits per heavy atom. The summed E-state index contributed by atoms with van der Waals surface area (Å²) < 4.78 is 5.44. The molecule has 1 N–H and O–H groups in total. The van der Waals surface area contributed by atoms with Crippen LogP contribution in [0.1, 0.15) is 21.5 Å². The molecule has 3 rings (SSSR count). The monoisotopic (exact) mass is 381 g/mol. The van der Waals surface area contributed by atoms with Crippen LogP contribution >= 0.6 is 0 Å². The molecule has 1 heterocycles. The number of fused-ring (bicyclic) bond motifs is 1. The number of anilines is 2. The lowest BCUT2D eigenvalue weighted by atomic mass is 10.1. The van der Waals surface area contributed by atoms with Crippen LogP contribution in [0.5, 0.6) is 5.75 Å². The quantitative estimate of drug-likeness (QED) is 0.882. The van der Waals surface area contributed by atoms with E-state index in [0.717, 1.165) is 11.1 Å². The van der Waals surface area contributed by atoms with Crippen LogP contribution in [-0.4, -0.2) is 49.9 Å². The molecule has 0 spiro atoms. The number of amides is 3. The van der Waals surface area contributed by atoms with Crippen molar-refractivity contribution in [2.45, 2.75) is 13.8 Å². The second kappa shape index (κ2) is 7.72. The van der Waals surface area contributed by atoms with E-state index >= 15 is 0 Å². The second-order valence-corrected chi connectivity index (χ2v) is 7.00. The van der Waals surface area contributed by atoms with Gasteiger partial charge in [-0.05, 0) is 55.3 Å². The lowest BCUT2D eigenvalue weighted by molar-refractivity contribution is -0.123. The molecular weight excluding hydrogens is 358 g/mol. The van der Waals surface area contributed by atoms with Crippen LogP contribution in [0.2, 0.25) is 0 Å². The highest BCUT2D eigenvalue weighted by molar-refractivity contribution is 6.06. The summed E-state index contributed by atoms with van der Waals surface area (Å²) in [7, 11) is 3.30. The molecule has 0 saturated heterocycles. The molecular formula is C21H23N3O4. The van der Waals surface area contributed by atoms with Gasteiger partial charge in [-0.25, -0.2) is 0 Å². The zero-order chi connectivity index (χ0) is 20.4. The maximum atomic E-state index is 12.5. The Balaban J connectivity index is 1.82. The fourth-order valence-electron chi connectivity index (χ4n) is 2.93. The molecule has 0 aromatic heterocycles. The molecule has 7 nitrogen and oxygen atoms in total. The van der Waals surface area contributed by atoms with Crippen LogP contribution in [0.15, 0.2) is 36.4 Å². The van der Waals surface area contributed by atoms with Crippen molar-refractivity contribution in [3.8, 4) is 5.75 Å². The lowest BCUT2D eigenvalue weighted by Crippen LogP contribution is -2.43. The molecule has 0 bridgehead atoms. The fraction of sp³-hybridized carbons (Fsp3) is 0.286. The lowest BCUT2D eigenvalue weighted by Gasteiger charge is -2.29. The summed E-state index contributed by atoms with van der Waals surface area (Å²) in [6.45, 7) is 3.65. The highest BCUT2D eigenvalue weighted by atomic mass is 16.5. The molecule has 2 aromatic rings. The first-order valence-electron chi connectivity index (χ1n) is 8.92. The van der Waals surface area contributed by atoms with Crippen LogP contribution < -0.4 is 15.0 Å². The number of aryl methyl sites for hydroxylation is 2. The van der Waals surface area contributed by atoms with Crippen molar-refractivity contribution in [1.29, 1.82) is 0 Å². The summed E-state index contributed by atoms with van der Waals surface area (Å²) in [6.07, 6.45) is 0. The summed E-state index contributed by atoms with van der Waals surface area (Å²) in [6, 6.07) is 10.5. The number of benzene rings is 2.